The van der Waals surface area contributed by atoms with Gasteiger partial charge in [0.1, 0.15) is 13.1 Å². The van der Waals surface area contributed by atoms with Crippen molar-refractivity contribution in [3.05, 3.63) is 0 Å². The Morgan fingerprint density at radius 1 is 0.762 bits per heavy atom. The number of hydrogen-bond acceptors (Lipinski definition) is 6. The van der Waals surface area contributed by atoms with Crippen LogP contribution in [0.1, 0.15) is 33.1 Å². The summed E-state index contributed by atoms with van der Waals surface area (Å²) in [7, 11) is 0. The fourth-order valence-electron chi connectivity index (χ4n) is 1.35. The van der Waals surface area contributed by atoms with Crippen LogP contribution in [-0.4, -0.2) is 50.1 Å². The van der Waals surface area contributed by atoms with Gasteiger partial charge in [-0.05, 0) is 20.3 Å². The molecule has 0 radical (unpaired) electrons. The first-order valence-electron chi connectivity index (χ1n) is 6.84. The summed E-state index contributed by atoms with van der Waals surface area (Å²) in [4.78, 5) is 44.7. The number of carbonyl (C=O) groups is 4. The van der Waals surface area contributed by atoms with Gasteiger partial charge in [0.2, 0.25) is 11.8 Å². The largest absolute Gasteiger partial charge is 0.465 e. The van der Waals surface area contributed by atoms with Crippen molar-refractivity contribution in [2.24, 2.45) is 0 Å². The Bertz CT molecular complexity index is 336. The average Bonchev–Trinajstić information content (AvgIpc) is 2.43. The molecule has 120 valence electrons. The van der Waals surface area contributed by atoms with Crippen molar-refractivity contribution >= 4 is 23.8 Å². The van der Waals surface area contributed by atoms with Gasteiger partial charge in [0.25, 0.3) is 0 Å². The van der Waals surface area contributed by atoms with Crippen molar-refractivity contribution in [2.45, 2.75) is 33.1 Å². The van der Waals surface area contributed by atoms with Gasteiger partial charge >= 0.3 is 11.9 Å². The van der Waals surface area contributed by atoms with E-state index in [1.807, 2.05) is 0 Å². The van der Waals surface area contributed by atoms with Crippen LogP contribution in [0.3, 0.4) is 0 Å². The third-order valence-corrected chi connectivity index (χ3v) is 2.28. The third-order valence-electron chi connectivity index (χ3n) is 2.28. The lowest BCUT2D eigenvalue weighted by atomic mass is 10.2. The van der Waals surface area contributed by atoms with Crippen LogP contribution >= 0.6 is 0 Å². The van der Waals surface area contributed by atoms with Gasteiger partial charge in [0.05, 0.1) is 13.2 Å². The lowest BCUT2D eigenvalue weighted by Crippen LogP contribution is -2.32. The molecule has 0 aromatic heterocycles. The van der Waals surface area contributed by atoms with Crippen LogP contribution in [0.2, 0.25) is 0 Å². The predicted octanol–water partition coefficient (Wildman–Crippen LogP) is -0.485. The molecule has 0 aliphatic heterocycles. The van der Waals surface area contributed by atoms with E-state index in [4.69, 9.17) is 0 Å². The van der Waals surface area contributed by atoms with Crippen LogP contribution in [0.15, 0.2) is 0 Å². The zero-order chi connectivity index (χ0) is 16.1. The zero-order valence-corrected chi connectivity index (χ0v) is 12.4. The molecule has 2 N–H and O–H groups in total. The maximum absolute atomic E-state index is 11.4. The minimum Gasteiger partial charge on any atom is -0.465 e. The van der Waals surface area contributed by atoms with Crippen LogP contribution in [-0.2, 0) is 28.7 Å². The lowest BCUT2D eigenvalue weighted by Gasteiger charge is -2.06. The molecule has 0 unspecified atom stereocenters. The number of nitrogens with one attached hydrogen (secondary N) is 2. The number of hydrogen-bond donors (Lipinski definition) is 2. The molecule has 0 heterocycles. The second kappa shape index (κ2) is 11.7. The molecule has 0 spiro atoms. The SMILES string of the molecule is CCOC(=O)CNC(=O)CCCC(=O)NCC(=O)OCC. The van der Waals surface area contributed by atoms with Crippen LogP contribution in [0, 0.1) is 0 Å². The molecule has 0 saturated heterocycles. The molecule has 0 aromatic rings. The number of rotatable bonds is 10. The molecule has 0 rings (SSSR count). The van der Waals surface area contributed by atoms with E-state index in [9.17, 15) is 19.2 Å². The van der Waals surface area contributed by atoms with Gasteiger partial charge in [-0.1, -0.05) is 0 Å². The van der Waals surface area contributed by atoms with Gasteiger partial charge in [-0.3, -0.25) is 19.2 Å². The monoisotopic (exact) mass is 302 g/mol. The Kier molecular flexibility index (Phi) is 10.5. The average molecular weight is 302 g/mol. The summed E-state index contributed by atoms with van der Waals surface area (Å²) in [6.45, 7) is 3.51. The fraction of sp³-hybridized carbons (Fsp3) is 0.692. The van der Waals surface area contributed by atoms with E-state index < -0.39 is 11.9 Å². The second-order valence-corrected chi connectivity index (χ2v) is 4.02. The van der Waals surface area contributed by atoms with Gasteiger partial charge < -0.3 is 20.1 Å². The van der Waals surface area contributed by atoms with Gasteiger partial charge in [-0.25, -0.2) is 0 Å². The highest BCUT2D eigenvalue weighted by Crippen LogP contribution is 1.95. The highest BCUT2D eigenvalue weighted by molar-refractivity contribution is 5.83. The molecule has 0 saturated carbocycles. The maximum atomic E-state index is 11.4. The summed E-state index contributed by atoms with van der Waals surface area (Å²) in [6, 6.07) is 0. The predicted molar refractivity (Wildman–Crippen MR) is 73.1 cm³/mol. The number of esters is 2. The number of carbonyl (C=O) groups excluding carboxylic acids is 4. The fourth-order valence-corrected chi connectivity index (χ4v) is 1.35. The van der Waals surface area contributed by atoms with Gasteiger partial charge in [-0.15, -0.1) is 0 Å². The van der Waals surface area contributed by atoms with Gasteiger partial charge in [0.15, 0.2) is 0 Å². The Morgan fingerprint density at radius 2 is 1.14 bits per heavy atom. The van der Waals surface area contributed by atoms with Crippen LogP contribution in [0.25, 0.3) is 0 Å². The molecule has 21 heavy (non-hydrogen) atoms. The van der Waals surface area contributed by atoms with E-state index in [1.165, 1.54) is 0 Å². The molecule has 8 heteroatoms. The van der Waals surface area contributed by atoms with Gasteiger partial charge in [0, 0.05) is 12.8 Å². The lowest BCUT2D eigenvalue weighted by molar-refractivity contribution is -0.143. The normalized spacial score (nSPS) is 9.62. The number of ether oxygens (including phenoxy) is 2. The summed E-state index contributed by atoms with van der Waals surface area (Å²) in [5.41, 5.74) is 0. The van der Waals surface area contributed by atoms with Crippen LogP contribution in [0.5, 0.6) is 0 Å². The third kappa shape index (κ3) is 11.4. The van der Waals surface area contributed by atoms with Crippen molar-refractivity contribution in [1.82, 2.24) is 10.6 Å². The summed E-state index contributed by atoms with van der Waals surface area (Å²) in [5.74, 6) is -1.67. The highest BCUT2D eigenvalue weighted by atomic mass is 16.5. The first-order valence-corrected chi connectivity index (χ1v) is 6.84. The molecule has 0 aliphatic rings. The molecule has 0 atom stereocenters. The van der Waals surface area contributed by atoms with E-state index in [1.54, 1.807) is 13.8 Å². The van der Waals surface area contributed by atoms with E-state index in [-0.39, 0.29) is 51.0 Å². The Hall–Kier alpha value is -2.12. The summed E-state index contributed by atoms with van der Waals surface area (Å²) < 4.78 is 9.30. The topological polar surface area (TPSA) is 111 Å². The first-order chi connectivity index (χ1) is 9.99. The van der Waals surface area contributed by atoms with E-state index >= 15 is 0 Å². The minimum absolute atomic E-state index is 0.117. The molecule has 2 amide bonds. The summed E-state index contributed by atoms with van der Waals surface area (Å²) in [5, 5.41) is 4.78. The van der Waals surface area contributed by atoms with Crippen LogP contribution < -0.4 is 10.6 Å². The Balaban J connectivity index is 3.64. The van der Waals surface area contributed by atoms with Crippen molar-refractivity contribution < 1.29 is 28.7 Å². The summed E-state index contributed by atoms with van der Waals surface area (Å²) in [6.07, 6.45) is 0.557. The van der Waals surface area contributed by atoms with Gasteiger partial charge in [-0.2, -0.15) is 0 Å². The first kappa shape index (κ1) is 18.9. The Morgan fingerprint density at radius 3 is 1.48 bits per heavy atom. The number of amides is 2. The van der Waals surface area contributed by atoms with Crippen LogP contribution in [0.4, 0.5) is 0 Å². The zero-order valence-electron chi connectivity index (χ0n) is 12.4. The van der Waals surface area contributed by atoms with E-state index in [0.717, 1.165) is 0 Å². The maximum Gasteiger partial charge on any atom is 0.325 e. The molecule has 0 aromatic carbocycles. The van der Waals surface area contributed by atoms with E-state index in [0.29, 0.717) is 6.42 Å². The van der Waals surface area contributed by atoms with Crippen molar-refractivity contribution in [3.63, 3.8) is 0 Å². The molecular weight excluding hydrogens is 280 g/mol. The second-order valence-electron chi connectivity index (χ2n) is 4.02. The van der Waals surface area contributed by atoms with E-state index in [2.05, 4.69) is 20.1 Å². The highest BCUT2D eigenvalue weighted by Gasteiger charge is 2.09. The quantitative estimate of drug-likeness (QED) is 0.527. The smallest absolute Gasteiger partial charge is 0.325 e. The standard InChI is InChI=1S/C13H22N2O6/c1-3-20-12(18)8-14-10(16)6-5-7-11(17)15-9-13(19)21-4-2/h3-9H2,1-2H3,(H,14,16)(H,15,17). The molecule has 0 bridgehead atoms. The molecular formula is C13H22N2O6. The Labute approximate surface area is 123 Å². The molecule has 0 aliphatic carbocycles. The molecule has 8 nitrogen and oxygen atoms in total. The molecule has 0 fully saturated rings. The minimum atomic E-state index is -0.502. The summed E-state index contributed by atoms with van der Waals surface area (Å²) >= 11 is 0. The van der Waals surface area contributed by atoms with Crippen molar-refractivity contribution in [1.29, 1.82) is 0 Å². The van der Waals surface area contributed by atoms with Crippen molar-refractivity contribution in [2.75, 3.05) is 26.3 Å². The van der Waals surface area contributed by atoms with Crippen molar-refractivity contribution in [3.8, 4) is 0 Å².